The number of ether oxygens (including phenoxy) is 1. The largest absolute Gasteiger partial charge is 0.489 e. The van der Waals surface area contributed by atoms with Crippen molar-refractivity contribution in [1.29, 1.82) is 0 Å². The number of aryl methyl sites for hydroxylation is 1. The number of nitrogens with one attached hydrogen (secondary N) is 3. The highest BCUT2D eigenvalue weighted by Gasteiger charge is 2.06. The van der Waals surface area contributed by atoms with E-state index in [1.54, 1.807) is 24.3 Å². The summed E-state index contributed by atoms with van der Waals surface area (Å²) < 4.78 is 19.2. The van der Waals surface area contributed by atoms with Crippen molar-refractivity contribution < 1.29 is 13.9 Å². The van der Waals surface area contributed by atoms with E-state index in [0.29, 0.717) is 23.1 Å². The molecule has 0 spiro atoms. The van der Waals surface area contributed by atoms with Crippen LogP contribution in [0.15, 0.2) is 91.8 Å². The summed E-state index contributed by atoms with van der Waals surface area (Å²) in [7, 11) is 0. The van der Waals surface area contributed by atoms with Crippen molar-refractivity contribution in [2.75, 3.05) is 16.0 Å². The van der Waals surface area contributed by atoms with Gasteiger partial charge in [0.15, 0.2) is 0 Å². The molecular formula is C27H24FN5O2. The predicted octanol–water partition coefficient (Wildman–Crippen LogP) is 6.11. The van der Waals surface area contributed by atoms with Crippen LogP contribution in [-0.2, 0) is 11.4 Å². The molecule has 0 aliphatic carbocycles. The number of benzene rings is 3. The monoisotopic (exact) mass is 469 g/mol. The second kappa shape index (κ2) is 10.9. The van der Waals surface area contributed by atoms with Crippen LogP contribution in [0.2, 0.25) is 0 Å². The van der Waals surface area contributed by atoms with Gasteiger partial charge in [0.05, 0.1) is 0 Å². The summed E-state index contributed by atoms with van der Waals surface area (Å²) in [4.78, 5) is 20.1. The van der Waals surface area contributed by atoms with Crippen LogP contribution in [0.3, 0.4) is 0 Å². The molecule has 0 aliphatic heterocycles. The third-order valence-corrected chi connectivity index (χ3v) is 4.99. The average Bonchev–Trinajstić information content (AvgIpc) is 2.84. The lowest BCUT2D eigenvalue weighted by Crippen LogP contribution is -2.07. The number of carbonyl (C=O) groups is 1. The first-order chi connectivity index (χ1) is 17.0. The van der Waals surface area contributed by atoms with Gasteiger partial charge in [0.25, 0.3) is 0 Å². The zero-order valence-electron chi connectivity index (χ0n) is 19.1. The number of carbonyl (C=O) groups excluding carboxylic acids is 1. The van der Waals surface area contributed by atoms with Crippen LogP contribution in [0.4, 0.5) is 33.1 Å². The summed E-state index contributed by atoms with van der Waals surface area (Å²) in [5, 5.41) is 9.19. The van der Waals surface area contributed by atoms with E-state index in [1.807, 2.05) is 43.3 Å². The topological polar surface area (TPSA) is 88.2 Å². The summed E-state index contributed by atoms with van der Waals surface area (Å²) >= 11 is 0. The molecule has 35 heavy (non-hydrogen) atoms. The normalized spacial score (nSPS) is 10.3. The Hall–Kier alpha value is -4.72. The fourth-order valence-electron chi connectivity index (χ4n) is 3.33. The van der Waals surface area contributed by atoms with Gasteiger partial charge in [0.2, 0.25) is 5.91 Å². The van der Waals surface area contributed by atoms with Crippen LogP contribution >= 0.6 is 0 Å². The van der Waals surface area contributed by atoms with E-state index in [0.717, 1.165) is 22.5 Å². The Bertz CT molecular complexity index is 1360. The maximum Gasteiger partial charge on any atom is 0.247 e. The van der Waals surface area contributed by atoms with E-state index in [-0.39, 0.29) is 18.3 Å². The zero-order chi connectivity index (χ0) is 24.6. The quantitative estimate of drug-likeness (QED) is 0.256. The molecule has 4 rings (SSSR count). The molecule has 1 aromatic heterocycles. The zero-order valence-corrected chi connectivity index (χ0v) is 19.1. The van der Waals surface area contributed by atoms with Crippen molar-refractivity contribution in [2.24, 2.45) is 0 Å². The van der Waals surface area contributed by atoms with Crippen molar-refractivity contribution in [1.82, 2.24) is 9.97 Å². The number of amides is 1. The van der Waals surface area contributed by atoms with E-state index in [2.05, 4.69) is 32.5 Å². The van der Waals surface area contributed by atoms with Gasteiger partial charge < -0.3 is 20.7 Å². The van der Waals surface area contributed by atoms with Crippen LogP contribution in [0.5, 0.6) is 5.75 Å². The Kier molecular flexibility index (Phi) is 7.32. The second-order valence-electron chi connectivity index (χ2n) is 7.71. The first-order valence-corrected chi connectivity index (χ1v) is 10.9. The van der Waals surface area contributed by atoms with Crippen LogP contribution < -0.4 is 20.7 Å². The van der Waals surface area contributed by atoms with Crippen LogP contribution in [-0.4, -0.2) is 15.9 Å². The molecule has 1 amide bonds. The van der Waals surface area contributed by atoms with Gasteiger partial charge in [-0.25, -0.2) is 14.4 Å². The molecule has 0 bridgehead atoms. The molecule has 0 atom stereocenters. The standard InChI is InChI=1S/C27H24FN5O2/c1-3-27(34)33-22-9-5-8-21(14-22)31-25-15-26(30-17-29-25)32-23-10-11-24(18(2)12-23)35-16-19-6-4-7-20(28)13-19/h3-15,17H,1,16H2,2H3,(H,33,34)(H2,29,30,31,32). The minimum Gasteiger partial charge on any atom is -0.489 e. The van der Waals surface area contributed by atoms with Gasteiger partial charge in [-0.3, -0.25) is 4.79 Å². The van der Waals surface area contributed by atoms with E-state index >= 15 is 0 Å². The summed E-state index contributed by atoms with van der Waals surface area (Å²) in [6.45, 7) is 5.68. The molecule has 0 aliphatic rings. The number of aromatic nitrogens is 2. The number of anilines is 5. The first kappa shape index (κ1) is 23.4. The molecule has 4 aromatic rings. The number of rotatable bonds is 9. The molecule has 3 aromatic carbocycles. The summed E-state index contributed by atoms with van der Waals surface area (Å²) in [5.74, 6) is 1.34. The first-order valence-electron chi connectivity index (χ1n) is 10.9. The Balaban J connectivity index is 1.40. The highest BCUT2D eigenvalue weighted by molar-refractivity contribution is 5.99. The van der Waals surface area contributed by atoms with E-state index in [1.165, 1.54) is 24.5 Å². The van der Waals surface area contributed by atoms with Crippen LogP contribution in [0.1, 0.15) is 11.1 Å². The minimum atomic E-state index is -0.284. The molecule has 0 fully saturated rings. The van der Waals surface area contributed by atoms with Gasteiger partial charge in [-0.2, -0.15) is 0 Å². The lowest BCUT2D eigenvalue weighted by atomic mass is 10.2. The SMILES string of the molecule is C=CC(=O)Nc1cccc(Nc2cc(Nc3ccc(OCc4cccc(F)c4)c(C)c3)ncn2)c1. The Morgan fingerprint density at radius 3 is 2.37 bits per heavy atom. The van der Waals surface area contributed by atoms with E-state index in [4.69, 9.17) is 4.74 Å². The maximum atomic E-state index is 13.4. The summed E-state index contributed by atoms with van der Waals surface area (Å²) in [6, 6.07) is 21.1. The van der Waals surface area contributed by atoms with E-state index in [9.17, 15) is 9.18 Å². The molecule has 0 unspecified atom stereocenters. The van der Waals surface area contributed by atoms with Gasteiger partial charge >= 0.3 is 0 Å². The Morgan fingerprint density at radius 1 is 0.943 bits per heavy atom. The van der Waals surface area contributed by atoms with Gasteiger partial charge in [-0.1, -0.05) is 24.8 Å². The maximum absolute atomic E-state index is 13.4. The molecule has 1 heterocycles. The number of nitrogens with zero attached hydrogens (tertiary/aromatic N) is 2. The highest BCUT2D eigenvalue weighted by atomic mass is 19.1. The van der Waals surface area contributed by atoms with Crippen molar-refractivity contribution in [3.63, 3.8) is 0 Å². The average molecular weight is 470 g/mol. The number of halogens is 1. The third-order valence-electron chi connectivity index (χ3n) is 4.99. The third kappa shape index (κ3) is 6.64. The van der Waals surface area contributed by atoms with Gasteiger partial charge in [-0.05, 0) is 72.7 Å². The molecule has 176 valence electrons. The van der Waals surface area contributed by atoms with Crippen molar-refractivity contribution in [2.45, 2.75) is 13.5 Å². The second-order valence-corrected chi connectivity index (χ2v) is 7.71. The summed E-state index contributed by atoms with van der Waals surface area (Å²) in [5.41, 5.74) is 3.92. The molecule has 0 saturated heterocycles. The van der Waals surface area contributed by atoms with E-state index < -0.39 is 0 Å². The summed E-state index contributed by atoms with van der Waals surface area (Å²) in [6.07, 6.45) is 2.67. The van der Waals surface area contributed by atoms with Crippen molar-refractivity contribution in [3.05, 3.63) is 109 Å². The van der Waals surface area contributed by atoms with Gasteiger partial charge in [-0.15, -0.1) is 0 Å². The van der Waals surface area contributed by atoms with Gasteiger partial charge in [0, 0.05) is 23.1 Å². The molecular weight excluding hydrogens is 445 g/mol. The lowest BCUT2D eigenvalue weighted by molar-refractivity contribution is -0.111. The highest BCUT2D eigenvalue weighted by Crippen LogP contribution is 2.26. The molecule has 0 radical (unpaired) electrons. The molecule has 7 nitrogen and oxygen atoms in total. The van der Waals surface area contributed by atoms with Crippen LogP contribution in [0.25, 0.3) is 0 Å². The van der Waals surface area contributed by atoms with Crippen LogP contribution in [0, 0.1) is 12.7 Å². The predicted molar refractivity (Wildman–Crippen MR) is 136 cm³/mol. The molecule has 8 heteroatoms. The Labute approximate surface area is 202 Å². The van der Waals surface area contributed by atoms with Crippen molar-refractivity contribution >= 4 is 34.6 Å². The Morgan fingerprint density at radius 2 is 1.66 bits per heavy atom. The number of hydrogen-bond donors (Lipinski definition) is 3. The van der Waals surface area contributed by atoms with Crippen molar-refractivity contribution in [3.8, 4) is 5.75 Å². The molecule has 0 saturated carbocycles. The lowest BCUT2D eigenvalue weighted by Gasteiger charge is -2.13. The fourth-order valence-corrected chi connectivity index (χ4v) is 3.33. The molecule has 3 N–H and O–H groups in total. The number of hydrogen-bond acceptors (Lipinski definition) is 6. The minimum absolute atomic E-state index is 0.281. The van der Waals surface area contributed by atoms with Gasteiger partial charge in [0.1, 0.15) is 36.1 Å². The fraction of sp³-hybridized carbons (Fsp3) is 0.0741. The smallest absolute Gasteiger partial charge is 0.247 e.